The van der Waals surface area contributed by atoms with Crippen LogP contribution in [0.2, 0.25) is 0 Å². The van der Waals surface area contributed by atoms with E-state index in [1.165, 1.54) is 0 Å². The van der Waals surface area contributed by atoms with Crippen LogP contribution in [0, 0.1) is 6.92 Å². The Morgan fingerprint density at radius 3 is 2.46 bits per heavy atom. The number of hydrogen-bond donors (Lipinski definition) is 4. The van der Waals surface area contributed by atoms with Gasteiger partial charge in [-0.3, -0.25) is 4.98 Å². The molecular weight excluding hydrogens is 469 g/mol. The van der Waals surface area contributed by atoms with E-state index >= 15 is 0 Å². The summed E-state index contributed by atoms with van der Waals surface area (Å²) in [5.74, 6) is -2.07. The number of oxazole rings is 1. The number of carboxylic acid groups (broad SMARTS) is 1. The van der Waals surface area contributed by atoms with Crippen molar-refractivity contribution in [2.24, 2.45) is 0 Å². The number of rotatable bonds is 5. The number of anilines is 5. The van der Waals surface area contributed by atoms with Gasteiger partial charge in [-0.15, -0.1) is 0 Å². The monoisotopic (exact) mass is 490 g/mol. The topological polar surface area (TPSA) is 136 Å². The molecule has 0 fully saturated rings. The molecule has 184 valence electrons. The van der Waals surface area contributed by atoms with Crippen molar-refractivity contribution >= 4 is 45.9 Å². The number of benzene rings is 2. The van der Waals surface area contributed by atoms with Crippen molar-refractivity contribution in [2.45, 2.75) is 13.1 Å². The van der Waals surface area contributed by atoms with Crippen molar-refractivity contribution in [3.8, 4) is 0 Å². The van der Waals surface area contributed by atoms with Crippen molar-refractivity contribution in [1.29, 1.82) is 0 Å². The normalized spacial score (nSPS) is 10.9. The highest BCUT2D eigenvalue weighted by Crippen LogP contribution is 2.24. The molecule has 4 rings (SSSR count). The molecule has 0 saturated carbocycles. The third-order valence-corrected chi connectivity index (χ3v) is 4.51. The van der Waals surface area contributed by atoms with E-state index in [-0.39, 0.29) is 0 Å². The van der Waals surface area contributed by atoms with Gasteiger partial charge in [0.1, 0.15) is 5.82 Å². The fourth-order valence-corrected chi connectivity index (χ4v) is 2.79. The number of carboxylic acids is 1. The Bertz CT molecular complexity index is 1400. The number of aryl methyl sites for hydroxylation is 1. The van der Waals surface area contributed by atoms with Gasteiger partial charge in [-0.05, 0) is 43.3 Å². The number of H-pyrrole nitrogens is 1. The number of aliphatic carboxylic acids is 1. The van der Waals surface area contributed by atoms with Gasteiger partial charge in [-0.1, -0.05) is 6.07 Å². The number of nitrogens with zero attached hydrogens (tertiary/aromatic N) is 3. The number of carbonyl (C=O) groups is 1. The second-order valence-electron chi connectivity index (χ2n) is 7.45. The van der Waals surface area contributed by atoms with Gasteiger partial charge in [0.15, 0.2) is 5.58 Å². The van der Waals surface area contributed by atoms with Crippen LogP contribution in [-0.2, 0) is 4.79 Å². The third kappa shape index (κ3) is 6.72. The molecule has 0 saturated heterocycles. The summed E-state index contributed by atoms with van der Waals surface area (Å²) in [4.78, 5) is 33.8. The average molecular weight is 490 g/mol. The van der Waals surface area contributed by atoms with Crippen LogP contribution in [-0.4, -0.2) is 46.3 Å². The summed E-state index contributed by atoms with van der Waals surface area (Å²) in [7, 11) is 3.99. The lowest BCUT2D eigenvalue weighted by Crippen LogP contribution is -2.21. The summed E-state index contributed by atoms with van der Waals surface area (Å²) in [5.41, 5.74) is 4.80. The van der Waals surface area contributed by atoms with E-state index in [0.717, 1.165) is 22.6 Å². The zero-order chi connectivity index (χ0) is 25.8. The second-order valence-corrected chi connectivity index (χ2v) is 7.45. The summed E-state index contributed by atoms with van der Waals surface area (Å²) in [6.07, 6.45) is -3.33. The summed E-state index contributed by atoms with van der Waals surface area (Å²) < 4.78 is 36.8. The molecule has 0 atom stereocenters. The second kappa shape index (κ2) is 10.2. The van der Waals surface area contributed by atoms with Crippen LogP contribution in [0.3, 0.4) is 0 Å². The zero-order valence-electron chi connectivity index (χ0n) is 18.8. The summed E-state index contributed by atoms with van der Waals surface area (Å²) >= 11 is 0. The lowest BCUT2D eigenvalue weighted by atomic mass is 10.2. The van der Waals surface area contributed by atoms with E-state index in [1.54, 1.807) is 18.3 Å². The number of nitrogens with one attached hydrogen (secondary N) is 3. The molecule has 13 heteroatoms. The van der Waals surface area contributed by atoms with E-state index in [2.05, 4.69) is 25.6 Å². The van der Waals surface area contributed by atoms with Gasteiger partial charge < -0.3 is 25.1 Å². The SMILES string of the molecule is Cc1cnc(Nc2cccc(N(C)C)c2)nc1Nc1ccc2oc(=O)[nH]c2c1.O=C(O)C(F)(F)F. The van der Waals surface area contributed by atoms with Crippen LogP contribution in [0.5, 0.6) is 0 Å². The maximum absolute atomic E-state index is 11.3. The molecule has 35 heavy (non-hydrogen) atoms. The van der Waals surface area contributed by atoms with Gasteiger partial charge in [-0.25, -0.2) is 14.6 Å². The van der Waals surface area contributed by atoms with Crippen LogP contribution in [0.4, 0.5) is 42.0 Å². The Morgan fingerprint density at radius 1 is 1.11 bits per heavy atom. The van der Waals surface area contributed by atoms with Gasteiger partial charge in [0.2, 0.25) is 5.95 Å². The summed E-state index contributed by atoms with van der Waals surface area (Å²) in [6.45, 7) is 1.93. The number of hydrogen-bond acceptors (Lipinski definition) is 8. The van der Waals surface area contributed by atoms with E-state index < -0.39 is 17.9 Å². The van der Waals surface area contributed by atoms with E-state index in [9.17, 15) is 18.0 Å². The zero-order valence-corrected chi connectivity index (χ0v) is 18.8. The van der Waals surface area contributed by atoms with Gasteiger partial charge in [0.25, 0.3) is 0 Å². The maximum atomic E-state index is 11.3. The Kier molecular flexibility index (Phi) is 7.28. The standard InChI is InChI=1S/C20H20N6O2.C2HF3O2/c1-12-11-21-19(23-13-5-4-6-15(9-13)26(2)3)25-18(12)22-14-7-8-17-16(10-14)24-20(27)28-17;3-2(4,5)1(6)7/h4-11H,1-3H3,(H,24,27)(H2,21,22,23,25);(H,6,7). The Balaban J connectivity index is 0.000000429. The molecule has 0 amide bonds. The first-order valence-corrected chi connectivity index (χ1v) is 10.0. The van der Waals surface area contributed by atoms with Crippen LogP contribution < -0.4 is 21.3 Å². The van der Waals surface area contributed by atoms with Crippen LogP contribution >= 0.6 is 0 Å². The van der Waals surface area contributed by atoms with Crippen molar-refractivity contribution in [3.05, 3.63) is 64.8 Å². The fourth-order valence-electron chi connectivity index (χ4n) is 2.79. The molecule has 0 radical (unpaired) electrons. The molecule has 4 N–H and O–H groups in total. The van der Waals surface area contributed by atoms with Crippen molar-refractivity contribution in [1.82, 2.24) is 15.0 Å². The molecule has 4 aromatic rings. The van der Waals surface area contributed by atoms with Gasteiger partial charge in [0.05, 0.1) is 5.52 Å². The quantitative estimate of drug-likeness (QED) is 0.321. The minimum atomic E-state index is -5.08. The molecule has 0 bridgehead atoms. The largest absolute Gasteiger partial charge is 0.490 e. The number of aromatic nitrogens is 3. The summed E-state index contributed by atoms with van der Waals surface area (Å²) in [5, 5.41) is 13.6. The molecule has 0 unspecified atom stereocenters. The molecule has 2 aromatic heterocycles. The first kappa shape index (κ1) is 25.1. The molecule has 0 aliphatic carbocycles. The van der Waals surface area contributed by atoms with Crippen molar-refractivity contribution in [3.63, 3.8) is 0 Å². The highest BCUT2D eigenvalue weighted by Gasteiger charge is 2.38. The van der Waals surface area contributed by atoms with Gasteiger partial charge in [0, 0.05) is 42.9 Å². The Morgan fingerprint density at radius 2 is 1.80 bits per heavy atom. The molecular formula is C22H21F3N6O4. The molecule has 0 spiro atoms. The number of alkyl halides is 3. The molecule has 0 aliphatic rings. The lowest BCUT2D eigenvalue weighted by Gasteiger charge is -2.14. The lowest BCUT2D eigenvalue weighted by molar-refractivity contribution is -0.192. The van der Waals surface area contributed by atoms with E-state index in [4.69, 9.17) is 14.3 Å². The molecule has 10 nitrogen and oxygen atoms in total. The molecule has 0 aliphatic heterocycles. The highest BCUT2D eigenvalue weighted by molar-refractivity contribution is 5.78. The number of aromatic amines is 1. The van der Waals surface area contributed by atoms with Gasteiger partial charge >= 0.3 is 17.9 Å². The molecule has 2 heterocycles. The predicted octanol–water partition coefficient (Wildman–Crippen LogP) is 4.41. The predicted molar refractivity (Wildman–Crippen MR) is 125 cm³/mol. The minimum absolute atomic E-state index is 0.475. The fraction of sp³-hybridized carbons (Fsp3) is 0.182. The van der Waals surface area contributed by atoms with Gasteiger partial charge in [-0.2, -0.15) is 18.2 Å². The summed E-state index contributed by atoms with van der Waals surface area (Å²) in [6, 6.07) is 13.4. The highest BCUT2D eigenvalue weighted by atomic mass is 19.4. The van der Waals surface area contributed by atoms with E-state index in [0.29, 0.717) is 22.9 Å². The van der Waals surface area contributed by atoms with Crippen LogP contribution in [0.1, 0.15) is 5.56 Å². The van der Waals surface area contributed by atoms with Crippen molar-refractivity contribution in [2.75, 3.05) is 29.6 Å². The third-order valence-electron chi connectivity index (χ3n) is 4.51. The minimum Gasteiger partial charge on any atom is -0.475 e. The smallest absolute Gasteiger partial charge is 0.475 e. The number of fused-ring (bicyclic) bond motifs is 1. The van der Waals surface area contributed by atoms with E-state index in [1.807, 2.05) is 56.3 Å². The molecule has 2 aromatic carbocycles. The first-order chi connectivity index (χ1) is 16.4. The maximum Gasteiger partial charge on any atom is 0.490 e. The average Bonchev–Trinajstić information content (AvgIpc) is 3.15. The number of halogens is 3. The Hall–Kier alpha value is -4.55. The Labute approximate surface area is 196 Å². The first-order valence-electron chi connectivity index (χ1n) is 10.0. The van der Waals surface area contributed by atoms with Crippen LogP contribution in [0.15, 0.2) is 57.9 Å². The van der Waals surface area contributed by atoms with Crippen LogP contribution in [0.25, 0.3) is 11.1 Å². The van der Waals surface area contributed by atoms with Crippen molar-refractivity contribution < 1.29 is 27.5 Å².